The number of halogens is 2. The summed E-state index contributed by atoms with van der Waals surface area (Å²) in [4.78, 5) is 16.3. The Kier molecular flexibility index (Phi) is 12.4. The van der Waals surface area contributed by atoms with Crippen molar-refractivity contribution in [1.82, 2.24) is 16.0 Å². The lowest BCUT2D eigenvalue weighted by Gasteiger charge is -2.13. The van der Waals surface area contributed by atoms with Crippen LogP contribution in [0, 0.1) is 0 Å². The van der Waals surface area contributed by atoms with Crippen molar-refractivity contribution in [1.29, 1.82) is 0 Å². The third-order valence-electron chi connectivity index (χ3n) is 4.14. The molecule has 0 spiro atoms. The van der Waals surface area contributed by atoms with Gasteiger partial charge in [-0.05, 0) is 48.7 Å². The fourth-order valence-electron chi connectivity index (χ4n) is 2.65. The van der Waals surface area contributed by atoms with Crippen LogP contribution >= 0.6 is 39.9 Å². The molecule has 0 unspecified atom stereocenters. The highest BCUT2D eigenvalue weighted by molar-refractivity contribution is 14.0. The summed E-state index contributed by atoms with van der Waals surface area (Å²) in [5.74, 6) is 1.58. The Morgan fingerprint density at radius 3 is 2.34 bits per heavy atom. The summed E-state index contributed by atoms with van der Waals surface area (Å²) in [6.45, 7) is 2.06. The molecule has 6 nitrogen and oxygen atoms in total. The van der Waals surface area contributed by atoms with Crippen LogP contribution in [0.4, 0.5) is 0 Å². The number of benzene rings is 2. The lowest BCUT2D eigenvalue weighted by Crippen LogP contribution is -2.39. The van der Waals surface area contributed by atoms with E-state index >= 15 is 0 Å². The van der Waals surface area contributed by atoms with Gasteiger partial charge in [0.2, 0.25) is 0 Å². The van der Waals surface area contributed by atoms with E-state index in [4.69, 9.17) is 4.74 Å². The van der Waals surface area contributed by atoms with Crippen molar-refractivity contribution in [2.45, 2.75) is 12.8 Å². The van der Waals surface area contributed by atoms with E-state index in [1.807, 2.05) is 30.3 Å². The van der Waals surface area contributed by atoms with Crippen LogP contribution in [0.15, 0.2) is 58.0 Å². The van der Waals surface area contributed by atoms with Gasteiger partial charge < -0.3 is 20.7 Å². The zero-order valence-corrected chi connectivity index (χ0v) is 20.6. The highest BCUT2D eigenvalue weighted by Gasteiger charge is 2.05. The molecule has 0 radical (unpaired) electrons. The molecule has 8 heteroatoms. The number of hydrogen-bond acceptors (Lipinski definition) is 3. The van der Waals surface area contributed by atoms with E-state index in [-0.39, 0.29) is 29.9 Å². The SMILES string of the molecule is CN=C(NCCCNC(=O)c1ccc(Br)cc1)NCCc1ccccc1OC.I. The molecule has 1 amide bonds. The van der Waals surface area contributed by atoms with E-state index in [1.165, 1.54) is 0 Å². The number of para-hydroxylation sites is 1. The molecule has 2 rings (SSSR count). The van der Waals surface area contributed by atoms with E-state index in [2.05, 4.69) is 42.9 Å². The molecular weight excluding hydrogens is 547 g/mol. The van der Waals surface area contributed by atoms with E-state index < -0.39 is 0 Å². The van der Waals surface area contributed by atoms with Gasteiger partial charge in [-0.3, -0.25) is 9.79 Å². The highest BCUT2D eigenvalue weighted by atomic mass is 127. The molecule has 2 aromatic rings. The van der Waals surface area contributed by atoms with Gasteiger partial charge >= 0.3 is 0 Å². The molecule has 0 aromatic heterocycles. The Labute approximate surface area is 198 Å². The van der Waals surface area contributed by atoms with Gasteiger partial charge in [-0.25, -0.2) is 0 Å². The summed E-state index contributed by atoms with van der Waals surface area (Å²) in [7, 11) is 3.43. The van der Waals surface area contributed by atoms with Crippen molar-refractivity contribution < 1.29 is 9.53 Å². The number of carbonyl (C=O) groups excluding carboxylic acids is 1. The Morgan fingerprint density at radius 1 is 1.00 bits per heavy atom. The summed E-state index contributed by atoms with van der Waals surface area (Å²) in [5, 5.41) is 9.47. The molecule has 158 valence electrons. The fraction of sp³-hybridized carbons (Fsp3) is 0.333. The second-order valence-corrected chi connectivity index (χ2v) is 7.02. The van der Waals surface area contributed by atoms with Gasteiger partial charge in [-0.15, -0.1) is 24.0 Å². The Bertz CT molecular complexity index is 785. The van der Waals surface area contributed by atoms with Crippen molar-refractivity contribution >= 4 is 51.8 Å². The maximum Gasteiger partial charge on any atom is 0.251 e. The molecule has 0 atom stereocenters. The Morgan fingerprint density at radius 2 is 1.66 bits per heavy atom. The topological polar surface area (TPSA) is 74.8 Å². The molecular formula is C21H28BrIN4O2. The minimum atomic E-state index is -0.0631. The second-order valence-electron chi connectivity index (χ2n) is 6.10. The Balaban J connectivity index is 0.00000420. The molecule has 29 heavy (non-hydrogen) atoms. The molecule has 2 aromatic carbocycles. The van der Waals surface area contributed by atoms with Gasteiger partial charge in [0.05, 0.1) is 7.11 Å². The van der Waals surface area contributed by atoms with Crippen LogP contribution in [0.3, 0.4) is 0 Å². The largest absolute Gasteiger partial charge is 0.496 e. The number of rotatable bonds is 9. The third kappa shape index (κ3) is 9.03. The Hall–Kier alpha value is -1.81. The van der Waals surface area contributed by atoms with Crippen LogP contribution < -0.4 is 20.7 Å². The zero-order chi connectivity index (χ0) is 20.2. The van der Waals surface area contributed by atoms with Gasteiger partial charge in [0.15, 0.2) is 5.96 Å². The summed E-state index contributed by atoms with van der Waals surface area (Å²) in [6.07, 6.45) is 1.64. The smallest absolute Gasteiger partial charge is 0.251 e. The van der Waals surface area contributed by atoms with Crippen LogP contribution in [-0.4, -0.2) is 45.7 Å². The number of guanidine groups is 1. The number of nitrogens with one attached hydrogen (secondary N) is 3. The first-order chi connectivity index (χ1) is 13.6. The first kappa shape index (κ1) is 25.2. The number of carbonyl (C=O) groups is 1. The quantitative estimate of drug-likeness (QED) is 0.185. The van der Waals surface area contributed by atoms with Crippen molar-refractivity contribution in [2.75, 3.05) is 33.8 Å². The van der Waals surface area contributed by atoms with Crippen molar-refractivity contribution in [3.63, 3.8) is 0 Å². The van der Waals surface area contributed by atoms with Crippen molar-refractivity contribution in [3.8, 4) is 5.75 Å². The van der Waals surface area contributed by atoms with Crippen LogP contribution in [0.5, 0.6) is 5.75 Å². The van der Waals surface area contributed by atoms with Crippen LogP contribution in [-0.2, 0) is 6.42 Å². The summed E-state index contributed by atoms with van der Waals surface area (Å²) >= 11 is 3.36. The molecule has 0 fully saturated rings. The number of amides is 1. The van der Waals surface area contributed by atoms with Gasteiger partial charge in [-0.2, -0.15) is 0 Å². The average Bonchev–Trinajstić information content (AvgIpc) is 2.72. The lowest BCUT2D eigenvalue weighted by molar-refractivity contribution is 0.0953. The fourth-order valence-corrected chi connectivity index (χ4v) is 2.91. The molecule has 0 aliphatic rings. The van der Waals surface area contributed by atoms with Crippen molar-refractivity contribution in [3.05, 3.63) is 64.1 Å². The monoisotopic (exact) mass is 574 g/mol. The first-order valence-electron chi connectivity index (χ1n) is 9.24. The van der Waals surface area contributed by atoms with Gasteiger partial charge in [0.1, 0.15) is 5.75 Å². The minimum Gasteiger partial charge on any atom is -0.496 e. The molecule has 0 saturated carbocycles. The predicted molar refractivity (Wildman–Crippen MR) is 133 cm³/mol. The normalized spacial score (nSPS) is 10.7. The van der Waals surface area contributed by atoms with Crippen molar-refractivity contribution in [2.24, 2.45) is 4.99 Å². The predicted octanol–water partition coefficient (Wildman–Crippen LogP) is 3.60. The first-order valence-corrected chi connectivity index (χ1v) is 10.0. The summed E-state index contributed by atoms with van der Waals surface area (Å²) in [5.41, 5.74) is 1.81. The summed E-state index contributed by atoms with van der Waals surface area (Å²) in [6, 6.07) is 15.3. The van der Waals surface area contributed by atoms with E-state index in [9.17, 15) is 4.79 Å². The third-order valence-corrected chi connectivity index (χ3v) is 4.67. The molecule has 0 saturated heterocycles. The maximum atomic E-state index is 12.0. The van der Waals surface area contributed by atoms with Gasteiger partial charge in [-0.1, -0.05) is 34.1 Å². The molecule has 0 bridgehead atoms. The maximum absolute atomic E-state index is 12.0. The molecule has 0 heterocycles. The number of methoxy groups -OCH3 is 1. The number of aliphatic imine (C=N–C) groups is 1. The van der Waals surface area contributed by atoms with E-state index in [1.54, 1.807) is 26.3 Å². The summed E-state index contributed by atoms with van der Waals surface area (Å²) < 4.78 is 6.32. The zero-order valence-electron chi connectivity index (χ0n) is 16.7. The average molecular weight is 575 g/mol. The van der Waals surface area contributed by atoms with Gasteiger partial charge in [0.25, 0.3) is 5.91 Å². The number of ether oxygens (including phenoxy) is 1. The minimum absolute atomic E-state index is 0. The highest BCUT2D eigenvalue weighted by Crippen LogP contribution is 2.17. The molecule has 0 aliphatic heterocycles. The van der Waals surface area contributed by atoms with Crippen LogP contribution in [0.2, 0.25) is 0 Å². The molecule has 3 N–H and O–H groups in total. The second kappa shape index (κ2) is 14.2. The van der Waals surface area contributed by atoms with Crippen LogP contribution in [0.25, 0.3) is 0 Å². The number of nitrogens with zero attached hydrogens (tertiary/aromatic N) is 1. The standard InChI is InChI=1S/C21H27BrN4O2.HI/c1-23-21(26-15-12-16-6-3-4-7-19(16)28-2)25-14-5-13-24-20(27)17-8-10-18(22)11-9-17;/h3-4,6-11H,5,12-15H2,1-2H3,(H,24,27)(H2,23,25,26);1H. The van der Waals surface area contributed by atoms with E-state index in [0.717, 1.165) is 47.7 Å². The molecule has 0 aliphatic carbocycles. The number of hydrogen-bond donors (Lipinski definition) is 3. The van der Waals surface area contributed by atoms with E-state index in [0.29, 0.717) is 12.1 Å². The van der Waals surface area contributed by atoms with Crippen LogP contribution in [0.1, 0.15) is 22.3 Å². The lowest BCUT2D eigenvalue weighted by atomic mass is 10.1. The van der Waals surface area contributed by atoms with Gasteiger partial charge in [0, 0.05) is 36.7 Å².